The lowest BCUT2D eigenvalue weighted by atomic mass is 9.87. The summed E-state index contributed by atoms with van der Waals surface area (Å²) in [6.07, 6.45) is 6.54. The molecule has 2 aliphatic carbocycles. The van der Waals surface area contributed by atoms with Crippen LogP contribution in [-0.2, 0) is 4.74 Å². The van der Waals surface area contributed by atoms with Gasteiger partial charge in [-0.2, -0.15) is 0 Å². The second-order valence-electron chi connectivity index (χ2n) is 6.97. The zero-order chi connectivity index (χ0) is 15.4. The van der Waals surface area contributed by atoms with Gasteiger partial charge < -0.3 is 9.84 Å². The predicted octanol–water partition coefficient (Wildman–Crippen LogP) is 2.74. The Morgan fingerprint density at radius 3 is 2.96 bits per heavy atom. The van der Waals surface area contributed by atoms with Crippen LogP contribution in [0.25, 0.3) is 11.8 Å². The average molecular weight is 304 g/mol. The zero-order valence-corrected chi connectivity index (χ0v) is 13.1. The summed E-state index contributed by atoms with van der Waals surface area (Å²) in [7, 11) is 0. The average Bonchev–Trinajstić information content (AvgIpc) is 3.25. The minimum atomic E-state index is -0.438. The van der Waals surface area contributed by atoms with Crippen molar-refractivity contribution in [1.29, 1.82) is 0 Å². The Hall–Kier alpha value is -2.06. The van der Waals surface area contributed by atoms with Gasteiger partial charge in [-0.25, -0.2) is 0 Å². The molecule has 2 aromatic carbocycles. The summed E-state index contributed by atoms with van der Waals surface area (Å²) >= 11 is 0. The number of ether oxygens (including phenoxy) is 1. The van der Waals surface area contributed by atoms with Gasteiger partial charge in [0.1, 0.15) is 11.4 Å². The van der Waals surface area contributed by atoms with Gasteiger partial charge in [0.05, 0.1) is 0 Å². The molecule has 1 aliphatic heterocycles. The van der Waals surface area contributed by atoms with E-state index in [0.29, 0.717) is 11.7 Å². The van der Waals surface area contributed by atoms with E-state index in [0.717, 1.165) is 36.3 Å². The second-order valence-corrected chi connectivity index (χ2v) is 6.97. The third kappa shape index (κ3) is 1.73. The van der Waals surface area contributed by atoms with Crippen LogP contribution in [0.15, 0.2) is 42.5 Å². The van der Waals surface area contributed by atoms with Crippen molar-refractivity contribution >= 4 is 11.8 Å². The lowest BCUT2D eigenvalue weighted by Gasteiger charge is -2.28. The monoisotopic (exact) mass is 304 g/mol. The molecule has 2 heteroatoms. The first kappa shape index (κ1) is 13.4. The standard InChI is InChI=1S/C21H20O2/c22-20(21-11-4-7-16(21)10-12-23-21)18-9-3-6-15-13-14-5-1-2-8-17(14)19(15)18/h1-3,5-6,8-9,13,16,22H,4,7,10-12H2. The summed E-state index contributed by atoms with van der Waals surface area (Å²) in [5, 5.41) is 15.8. The van der Waals surface area contributed by atoms with Crippen molar-refractivity contribution in [1.82, 2.24) is 0 Å². The summed E-state index contributed by atoms with van der Waals surface area (Å²) in [6.45, 7) is 0.770. The maximum absolute atomic E-state index is 11.2. The zero-order valence-electron chi connectivity index (χ0n) is 13.1. The Bertz CT molecular complexity index is 993. The normalized spacial score (nSPS) is 28.8. The van der Waals surface area contributed by atoms with Crippen molar-refractivity contribution < 1.29 is 9.84 Å². The number of benzene rings is 2. The summed E-state index contributed by atoms with van der Waals surface area (Å²) in [5.74, 6) is 0.929. The van der Waals surface area contributed by atoms with Gasteiger partial charge >= 0.3 is 0 Å². The third-order valence-corrected chi connectivity index (χ3v) is 5.88. The second kappa shape index (κ2) is 4.72. The molecule has 2 nitrogen and oxygen atoms in total. The molecule has 1 saturated heterocycles. The van der Waals surface area contributed by atoms with Crippen molar-refractivity contribution in [3.63, 3.8) is 0 Å². The van der Waals surface area contributed by atoms with E-state index in [1.807, 2.05) is 6.07 Å². The Balaban J connectivity index is 1.91. The number of hydrogen-bond donors (Lipinski definition) is 1. The molecule has 1 saturated carbocycles. The van der Waals surface area contributed by atoms with E-state index in [9.17, 15) is 5.11 Å². The van der Waals surface area contributed by atoms with Crippen LogP contribution < -0.4 is 10.4 Å². The molecule has 2 unspecified atom stereocenters. The highest BCUT2D eigenvalue weighted by Gasteiger charge is 2.51. The van der Waals surface area contributed by atoms with Crippen molar-refractivity contribution in [2.24, 2.45) is 5.92 Å². The number of hydrogen-bond acceptors (Lipinski definition) is 2. The molecule has 1 N–H and O–H groups in total. The summed E-state index contributed by atoms with van der Waals surface area (Å²) in [5.41, 5.74) is 0.756. The Morgan fingerprint density at radius 2 is 2.00 bits per heavy atom. The molecule has 0 amide bonds. The molecule has 2 aromatic rings. The molecule has 23 heavy (non-hydrogen) atoms. The first-order valence-corrected chi connectivity index (χ1v) is 8.57. The number of rotatable bonds is 1. The van der Waals surface area contributed by atoms with Crippen LogP contribution in [0.5, 0.6) is 0 Å². The Morgan fingerprint density at radius 1 is 1.09 bits per heavy atom. The lowest BCUT2D eigenvalue weighted by molar-refractivity contribution is 0.0214. The first-order valence-electron chi connectivity index (χ1n) is 8.57. The fraction of sp³-hybridized carbons (Fsp3) is 0.333. The molecule has 0 spiro atoms. The van der Waals surface area contributed by atoms with E-state index in [1.165, 1.54) is 22.4 Å². The van der Waals surface area contributed by atoms with E-state index in [4.69, 9.17) is 4.74 Å². The van der Waals surface area contributed by atoms with Crippen LogP contribution >= 0.6 is 0 Å². The molecule has 0 radical (unpaired) electrons. The van der Waals surface area contributed by atoms with Gasteiger partial charge in [0.2, 0.25) is 0 Å². The summed E-state index contributed by atoms with van der Waals surface area (Å²) in [6, 6.07) is 14.6. The fourth-order valence-electron chi connectivity index (χ4n) is 4.81. The van der Waals surface area contributed by atoms with Gasteiger partial charge in [0.25, 0.3) is 0 Å². The molecule has 5 rings (SSSR count). The van der Waals surface area contributed by atoms with Crippen LogP contribution in [-0.4, -0.2) is 17.3 Å². The smallest absolute Gasteiger partial charge is 0.132 e. The van der Waals surface area contributed by atoms with Gasteiger partial charge in [0, 0.05) is 17.0 Å². The molecule has 2 atom stereocenters. The van der Waals surface area contributed by atoms with Gasteiger partial charge in [-0.1, -0.05) is 42.5 Å². The van der Waals surface area contributed by atoms with Crippen LogP contribution in [0.4, 0.5) is 0 Å². The van der Waals surface area contributed by atoms with Crippen LogP contribution in [0.2, 0.25) is 0 Å². The van der Waals surface area contributed by atoms with Gasteiger partial charge in [-0.05, 0) is 53.7 Å². The molecule has 1 heterocycles. The minimum Gasteiger partial charge on any atom is -0.509 e. The molecular weight excluding hydrogens is 284 g/mol. The van der Waals surface area contributed by atoms with E-state index >= 15 is 0 Å². The molecule has 116 valence electrons. The topological polar surface area (TPSA) is 29.5 Å². The highest BCUT2D eigenvalue weighted by Crippen LogP contribution is 2.49. The highest BCUT2D eigenvalue weighted by molar-refractivity contribution is 5.59. The van der Waals surface area contributed by atoms with Crippen molar-refractivity contribution in [2.45, 2.75) is 31.3 Å². The SMILES string of the molecule is OC(=c1cccc2c1=c1ccccc1=C2)C12CCCC1CCO2. The molecule has 2 fully saturated rings. The van der Waals surface area contributed by atoms with Crippen molar-refractivity contribution in [2.75, 3.05) is 6.61 Å². The van der Waals surface area contributed by atoms with Gasteiger partial charge in [-0.3, -0.25) is 0 Å². The van der Waals surface area contributed by atoms with Gasteiger partial charge in [0.15, 0.2) is 0 Å². The maximum Gasteiger partial charge on any atom is 0.132 e. The number of aliphatic hydroxyl groups excluding tert-OH is 1. The third-order valence-electron chi connectivity index (χ3n) is 5.88. The first-order chi connectivity index (χ1) is 11.3. The van der Waals surface area contributed by atoms with Crippen molar-refractivity contribution in [3.8, 4) is 0 Å². The predicted molar refractivity (Wildman–Crippen MR) is 90.1 cm³/mol. The maximum atomic E-state index is 11.2. The number of fused-ring (bicyclic) bond motifs is 3. The van der Waals surface area contributed by atoms with Crippen LogP contribution in [0, 0.1) is 16.4 Å². The quantitative estimate of drug-likeness (QED) is 0.749. The van der Waals surface area contributed by atoms with Crippen LogP contribution in [0.3, 0.4) is 0 Å². The lowest BCUT2D eigenvalue weighted by Crippen LogP contribution is -2.36. The fourth-order valence-corrected chi connectivity index (χ4v) is 4.81. The Kier molecular flexibility index (Phi) is 2.75. The summed E-state index contributed by atoms with van der Waals surface area (Å²) < 4.78 is 6.13. The van der Waals surface area contributed by atoms with E-state index in [-0.39, 0.29) is 0 Å². The minimum absolute atomic E-state index is 0.438. The molecule has 3 aliphatic rings. The molecule has 0 bridgehead atoms. The molecular formula is C21H20O2. The van der Waals surface area contributed by atoms with Crippen LogP contribution in [0.1, 0.15) is 31.2 Å². The van der Waals surface area contributed by atoms with E-state index in [2.05, 4.69) is 42.5 Å². The highest BCUT2D eigenvalue weighted by atomic mass is 16.5. The summed E-state index contributed by atoms with van der Waals surface area (Å²) in [4.78, 5) is 0. The van der Waals surface area contributed by atoms with Gasteiger partial charge in [-0.15, -0.1) is 0 Å². The number of aliphatic hydroxyl groups is 1. The largest absolute Gasteiger partial charge is 0.509 e. The van der Waals surface area contributed by atoms with Crippen molar-refractivity contribution in [3.05, 3.63) is 68.9 Å². The molecule has 0 aromatic heterocycles. The Labute approximate surface area is 135 Å². The van der Waals surface area contributed by atoms with E-state index in [1.54, 1.807) is 0 Å². The van der Waals surface area contributed by atoms with E-state index < -0.39 is 5.60 Å².